The minimum Gasteiger partial charge on any atom is -0.369 e. The fourth-order valence-electron chi connectivity index (χ4n) is 3.26. The van der Waals surface area contributed by atoms with Crippen LogP contribution in [-0.4, -0.2) is 60.8 Å². The normalized spacial score (nSPS) is 18.7. The number of hydrogen-bond donors (Lipinski definition) is 2. The molecule has 4 rings (SSSR count). The summed E-state index contributed by atoms with van der Waals surface area (Å²) in [6.45, 7) is 0.362. The lowest BCUT2D eigenvalue weighted by atomic mass is 10.0. The second kappa shape index (κ2) is 7.31. The second-order valence-corrected chi connectivity index (χ2v) is 7.19. The number of halogens is 3. The number of nitrogens with zero attached hydrogens (tertiary/aromatic N) is 5. The molecule has 1 atom stereocenters. The molecule has 0 aliphatic carbocycles. The van der Waals surface area contributed by atoms with E-state index in [0.29, 0.717) is 12.1 Å². The van der Waals surface area contributed by atoms with Gasteiger partial charge in [-0.05, 0) is 18.2 Å². The number of alkyl halides is 3. The summed E-state index contributed by atoms with van der Waals surface area (Å²) in [5.74, 6) is 2.40. The van der Waals surface area contributed by atoms with E-state index >= 15 is 0 Å². The van der Waals surface area contributed by atoms with E-state index in [1.54, 1.807) is 19.2 Å². The van der Waals surface area contributed by atoms with Crippen LogP contribution >= 0.6 is 0 Å². The van der Waals surface area contributed by atoms with Crippen LogP contribution < -0.4 is 5.73 Å². The van der Waals surface area contributed by atoms with Gasteiger partial charge in [-0.1, -0.05) is 17.9 Å². The molecule has 3 aromatic rings. The van der Waals surface area contributed by atoms with Crippen molar-refractivity contribution < 1.29 is 27.9 Å². The van der Waals surface area contributed by atoms with E-state index in [-0.39, 0.29) is 28.8 Å². The van der Waals surface area contributed by atoms with Gasteiger partial charge in [-0.2, -0.15) is 18.3 Å². The van der Waals surface area contributed by atoms with Crippen LogP contribution in [0.1, 0.15) is 28.3 Å². The van der Waals surface area contributed by atoms with Gasteiger partial charge >= 0.3 is 6.18 Å². The van der Waals surface area contributed by atoms with Crippen molar-refractivity contribution >= 4 is 22.8 Å². The highest BCUT2D eigenvalue weighted by Gasteiger charge is 2.42. The van der Waals surface area contributed by atoms with Crippen LogP contribution in [0.5, 0.6) is 0 Å². The Morgan fingerprint density at radius 3 is 2.72 bits per heavy atom. The Bertz CT molecular complexity index is 1320. The van der Waals surface area contributed by atoms with Crippen LogP contribution in [0.4, 0.5) is 13.2 Å². The standard InChI is InChI=1S/C20H15F3N6O3/c1-28-8-7-19(32,18(28)31)6-5-11-3-2-4-12(9-11)29-16-13(14(27-29)15(24)30)10-25-17(26-16)20(21,22)23/h2-4,9-10,32H,7-8H2,1H3,(H2,24,30). The Balaban J connectivity index is 1.81. The summed E-state index contributed by atoms with van der Waals surface area (Å²) in [5.41, 5.74) is 3.53. The molecule has 1 unspecified atom stereocenters. The number of fused-ring (bicyclic) bond motifs is 1. The SMILES string of the molecule is CN1CCC(O)(C#Cc2cccc(-n3nc(C(N)=O)c4cnc(C(F)(F)F)nc43)c2)C1=O. The van der Waals surface area contributed by atoms with Gasteiger partial charge in [0.05, 0.1) is 11.1 Å². The first-order chi connectivity index (χ1) is 15.0. The van der Waals surface area contributed by atoms with Gasteiger partial charge in [0.2, 0.25) is 11.4 Å². The van der Waals surface area contributed by atoms with Crippen LogP contribution in [0, 0.1) is 11.8 Å². The van der Waals surface area contributed by atoms with E-state index in [1.165, 1.54) is 17.0 Å². The van der Waals surface area contributed by atoms with E-state index in [1.807, 2.05) is 0 Å². The molecule has 0 spiro atoms. The van der Waals surface area contributed by atoms with Crippen LogP contribution in [0.3, 0.4) is 0 Å². The lowest BCUT2D eigenvalue weighted by Gasteiger charge is -2.13. The van der Waals surface area contributed by atoms with E-state index in [0.717, 1.165) is 10.9 Å². The summed E-state index contributed by atoms with van der Waals surface area (Å²) in [6.07, 6.45) is -3.81. The Labute approximate surface area is 178 Å². The molecule has 1 saturated heterocycles. The molecule has 0 saturated carbocycles. The fourth-order valence-corrected chi connectivity index (χ4v) is 3.26. The van der Waals surface area contributed by atoms with E-state index in [9.17, 15) is 27.9 Å². The summed E-state index contributed by atoms with van der Waals surface area (Å²) >= 11 is 0. The number of nitrogens with two attached hydrogens (primary N) is 1. The topological polar surface area (TPSA) is 127 Å². The predicted molar refractivity (Wildman–Crippen MR) is 104 cm³/mol. The molecule has 32 heavy (non-hydrogen) atoms. The molecule has 0 bridgehead atoms. The number of aliphatic hydroxyl groups is 1. The molecule has 1 fully saturated rings. The Morgan fingerprint density at radius 2 is 2.09 bits per heavy atom. The highest BCUT2D eigenvalue weighted by Crippen LogP contribution is 2.29. The molecule has 164 valence electrons. The molecule has 3 heterocycles. The van der Waals surface area contributed by atoms with Gasteiger partial charge in [0, 0.05) is 31.8 Å². The average Bonchev–Trinajstić information content (AvgIpc) is 3.25. The van der Waals surface area contributed by atoms with Gasteiger partial charge in [-0.25, -0.2) is 14.6 Å². The number of benzene rings is 1. The fraction of sp³-hybridized carbons (Fsp3) is 0.250. The quantitative estimate of drug-likeness (QED) is 0.565. The second-order valence-electron chi connectivity index (χ2n) is 7.19. The van der Waals surface area contributed by atoms with Gasteiger partial charge in [0.25, 0.3) is 11.8 Å². The van der Waals surface area contributed by atoms with Crippen molar-refractivity contribution in [2.45, 2.75) is 18.2 Å². The van der Waals surface area contributed by atoms with E-state index in [4.69, 9.17) is 5.73 Å². The Morgan fingerprint density at radius 1 is 1.34 bits per heavy atom. The van der Waals surface area contributed by atoms with Crippen LogP contribution in [0.15, 0.2) is 30.5 Å². The Kier molecular flexibility index (Phi) is 4.86. The minimum atomic E-state index is -4.81. The van der Waals surface area contributed by atoms with Crippen LogP contribution in [-0.2, 0) is 11.0 Å². The number of aromatic nitrogens is 4. The number of hydrogen-bond acceptors (Lipinski definition) is 6. The maximum Gasteiger partial charge on any atom is 0.451 e. The van der Waals surface area contributed by atoms with Gasteiger partial charge in [0.1, 0.15) is 0 Å². The predicted octanol–water partition coefficient (Wildman–Crippen LogP) is 0.878. The first-order valence-corrected chi connectivity index (χ1v) is 9.24. The molecular weight excluding hydrogens is 429 g/mol. The van der Waals surface area contributed by atoms with Crippen molar-refractivity contribution in [3.05, 3.63) is 47.5 Å². The molecular formula is C20H15F3N6O3. The zero-order valence-electron chi connectivity index (χ0n) is 16.5. The van der Waals surface area contributed by atoms with Crippen molar-refractivity contribution in [1.29, 1.82) is 0 Å². The number of likely N-dealkylation sites (tertiary alicyclic amines) is 1. The van der Waals surface area contributed by atoms with Crippen molar-refractivity contribution in [2.75, 3.05) is 13.6 Å². The highest BCUT2D eigenvalue weighted by molar-refractivity contribution is 6.03. The maximum absolute atomic E-state index is 13.1. The van der Waals surface area contributed by atoms with E-state index < -0.39 is 29.4 Å². The van der Waals surface area contributed by atoms with E-state index in [2.05, 4.69) is 26.9 Å². The summed E-state index contributed by atoms with van der Waals surface area (Å²) in [6, 6.07) is 6.11. The first kappa shape index (κ1) is 21.3. The van der Waals surface area contributed by atoms with Gasteiger partial charge in [-0.3, -0.25) is 9.59 Å². The van der Waals surface area contributed by atoms with Crippen molar-refractivity contribution in [2.24, 2.45) is 5.73 Å². The lowest BCUT2D eigenvalue weighted by Crippen LogP contribution is -2.37. The number of carbonyl (C=O) groups is 2. The summed E-state index contributed by atoms with van der Waals surface area (Å²) in [7, 11) is 1.55. The number of likely N-dealkylation sites (N-methyl/N-ethyl adjacent to an activating group) is 1. The third-order valence-corrected chi connectivity index (χ3v) is 4.93. The van der Waals surface area contributed by atoms with Crippen molar-refractivity contribution in [1.82, 2.24) is 24.6 Å². The molecule has 2 aromatic heterocycles. The largest absolute Gasteiger partial charge is 0.451 e. The Hall–Kier alpha value is -3.98. The molecule has 1 aliphatic rings. The third-order valence-electron chi connectivity index (χ3n) is 4.93. The van der Waals surface area contributed by atoms with Gasteiger partial charge in [-0.15, -0.1) is 0 Å². The molecule has 3 N–H and O–H groups in total. The zero-order valence-corrected chi connectivity index (χ0v) is 16.5. The molecule has 1 aliphatic heterocycles. The molecule has 2 amide bonds. The number of primary amides is 1. The van der Waals surface area contributed by atoms with Gasteiger partial charge in [0.15, 0.2) is 11.3 Å². The van der Waals surface area contributed by atoms with Gasteiger partial charge < -0.3 is 15.7 Å². The number of rotatable bonds is 2. The summed E-state index contributed by atoms with van der Waals surface area (Å²) in [5, 5.41) is 14.4. The maximum atomic E-state index is 13.1. The van der Waals surface area contributed by atoms with Crippen molar-refractivity contribution in [3.63, 3.8) is 0 Å². The highest BCUT2D eigenvalue weighted by atomic mass is 19.4. The molecule has 1 aromatic carbocycles. The summed E-state index contributed by atoms with van der Waals surface area (Å²) < 4.78 is 40.3. The van der Waals surface area contributed by atoms with Crippen molar-refractivity contribution in [3.8, 4) is 17.5 Å². The number of carbonyl (C=O) groups excluding carboxylic acids is 2. The lowest BCUT2D eigenvalue weighted by molar-refractivity contribution is -0.144. The van der Waals surface area contributed by atoms with Crippen LogP contribution in [0.2, 0.25) is 0 Å². The zero-order chi connectivity index (χ0) is 23.3. The summed E-state index contributed by atoms with van der Waals surface area (Å²) in [4.78, 5) is 32.0. The average molecular weight is 444 g/mol. The monoisotopic (exact) mass is 444 g/mol. The first-order valence-electron chi connectivity index (χ1n) is 9.24. The smallest absolute Gasteiger partial charge is 0.369 e. The molecule has 0 radical (unpaired) electrons. The number of amides is 2. The third kappa shape index (κ3) is 3.63. The molecule has 9 nitrogen and oxygen atoms in total. The van der Waals surface area contributed by atoms with Crippen LogP contribution in [0.25, 0.3) is 16.7 Å². The minimum absolute atomic E-state index is 0.0455. The molecule has 12 heteroatoms.